The summed E-state index contributed by atoms with van der Waals surface area (Å²) >= 11 is 0. The fourth-order valence-electron chi connectivity index (χ4n) is 7.65. The van der Waals surface area contributed by atoms with Gasteiger partial charge in [0.15, 0.2) is 0 Å². The van der Waals surface area contributed by atoms with Gasteiger partial charge in [-0.3, -0.25) is 14.4 Å². The second-order valence-electron chi connectivity index (χ2n) is 17.3. The highest BCUT2D eigenvalue weighted by atomic mass is 16.7. The molecule has 2 atom stereocenters. The SMILES string of the molecule is CCCCCC(=O)NOC(=O)CCCc1c(CC(C)C)cc(O)c(NC(=O)[C@H](Cc2cnc[nH]2)NC(=O)[C@H](Cc2ccccc2)NC(=O)OC(C)(C)C)c1C1CCCCC1. The van der Waals surface area contributed by atoms with Crippen molar-refractivity contribution in [1.82, 2.24) is 26.1 Å². The van der Waals surface area contributed by atoms with E-state index in [-0.39, 0.29) is 54.9 Å². The Balaban J connectivity index is 1.65. The lowest BCUT2D eigenvalue weighted by molar-refractivity contribution is -0.158. The number of rotatable bonds is 20. The minimum absolute atomic E-state index is 0.0327. The van der Waals surface area contributed by atoms with Crippen molar-refractivity contribution in [3.05, 3.63) is 76.9 Å². The molecule has 0 unspecified atom stereocenters. The predicted octanol–water partition coefficient (Wildman–Crippen LogP) is 7.64. The molecular formula is C46H66N6O8. The molecule has 328 valence electrons. The number of carbonyl (C=O) groups is 5. The first-order chi connectivity index (χ1) is 28.6. The number of unbranched alkanes of at least 4 members (excludes halogenated alkanes) is 2. The van der Waals surface area contributed by atoms with Gasteiger partial charge in [-0.25, -0.2) is 14.6 Å². The Morgan fingerprint density at radius 1 is 0.900 bits per heavy atom. The molecule has 0 aliphatic heterocycles. The number of nitrogens with one attached hydrogen (secondary N) is 5. The summed E-state index contributed by atoms with van der Waals surface area (Å²) in [5, 5.41) is 20.4. The van der Waals surface area contributed by atoms with Gasteiger partial charge in [-0.05, 0) is 99.5 Å². The third kappa shape index (κ3) is 15.6. The number of phenolic OH excluding ortho intramolecular Hbond substituents is 1. The summed E-state index contributed by atoms with van der Waals surface area (Å²) in [7, 11) is 0. The number of phenols is 1. The molecule has 6 N–H and O–H groups in total. The molecule has 0 radical (unpaired) electrons. The highest BCUT2D eigenvalue weighted by molar-refractivity contribution is 6.00. The minimum Gasteiger partial charge on any atom is -0.506 e. The van der Waals surface area contributed by atoms with Crippen LogP contribution >= 0.6 is 0 Å². The molecule has 1 fully saturated rings. The van der Waals surface area contributed by atoms with Gasteiger partial charge in [0.05, 0.1) is 12.0 Å². The molecule has 14 heteroatoms. The van der Waals surface area contributed by atoms with Gasteiger partial charge in [0.2, 0.25) is 11.8 Å². The fraction of sp³-hybridized carbons (Fsp3) is 0.565. The van der Waals surface area contributed by atoms with E-state index in [1.54, 1.807) is 33.0 Å². The van der Waals surface area contributed by atoms with Gasteiger partial charge in [-0.2, -0.15) is 5.48 Å². The first-order valence-electron chi connectivity index (χ1n) is 21.6. The van der Waals surface area contributed by atoms with Crippen LogP contribution in [-0.2, 0) is 54.4 Å². The number of alkyl carbamates (subject to hydrolysis) is 1. The molecule has 1 heterocycles. The number of carbonyl (C=O) groups excluding carboxylic acids is 5. The number of imidazole rings is 1. The molecular weight excluding hydrogens is 765 g/mol. The van der Waals surface area contributed by atoms with Gasteiger partial charge < -0.3 is 35.6 Å². The van der Waals surface area contributed by atoms with E-state index in [4.69, 9.17) is 9.57 Å². The number of nitrogens with zero attached hydrogens (tertiary/aromatic N) is 1. The molecule has 1 aliphatic carbocycles. The average molecular weight is 831 g/mol. The first-order valence-corrected chi connectivity index (χ1v) is 21.6. The monoisotopic (exact) mass is 830 g/mol. The van der Waals surface area contributed by atoms with Crippen LogP contribution in [0.4, 0.5) is 10.5 Å². The van der Waals surface area contributed by atoms with E-state index in [1.165, 1.54) is 6.33 Å². The molecule has 1 aromatic heterocycles. The zero-order chi connectivity index (χ0) is 43.7. The van der Waals surface area contributed by atoms with Crippen molar-refractivity contribution in [3.63, 3.8) is 0 Å². The lowest BCUT2D eigenvalue weighted by atomic mass is 9.78. The Hall–Kier alpha value is -5.40. The number of aromatic amines is 1. The van der Waals surface area contributed by atoms with Crippen molar-refractivity contribution in [2.24, 2.45) is 5.92 Å². The summed E-state index contributed by atoms with van der Waals surface area (Å²) in [5.41, 5.74) is 5.89. The number of aromatic hydroxyl groups is 1. The van der Waals surface area contributed by atoms with Crippen LogP contribution in [0.2, 0.25) is 0 Å². The second kappa shape index (κ2) is 23.4. The van der Waals surface area contributed by atoms with E-state index in [9.17, 15) is 29.1 Å². The van der Waals surface area contributed by atoms with E-state index in [1.807, 2.05) is 37.3 Å². The van der Waals surface area contributed by atoms with Crippen LogP contribution in [0.1, 0.15) is 146 Å². The maximum atomic E-state index is 14.6. The molecule has 3 aromatic rings. The lowest BCUT2D eigenvalue weighted by Crippen LogP contribution is -2.54. The fourth-order valence-corrected chi connectivity index (χ4v) is 7.65. The van der Waals surface area contributed by atoms with Crippen molar-refractivity contribution in [3.8, 4) is 5.75 Å². The second-order valence-corrected chi connectivity index (χ2v) is 17.3. The van der Waals surface area contributed by atoms with Gasteiger partial charge in [0, 0.05) is 37.6 Å². The maximum Gasteiger partial charge on any atom is 0.408 e. The summed E-state index contributed by atoms with van der Waals surface area (Å²) in [6.45, 7) is 11.4. The van der Waals surface area contributed by atoms with Crippen LogP contribution in [-0.4, -0.2) is 62.5 Å². The Labute approximate surface area is 354 Å². The molecule has 0 saturated heterocycles. The highest BCUT2D eigenvalue weighted by Crippen LogP contribution is 2.45. The van der Waals surface area contributed by atoms with Crippen molar-refractivity contribution in [1.29, 1.82) is 0 Å². The van der Waals surface area contributed by atoms with Gasteiger partial charge in [-0.1, -0.05) is 83.2 Å². The van der Waals surface area contributed by atoms with Crippen LogP contribution in [0.3, 0.4) is 0 Å². The summed E-state index contributed by atoms with van der Waals surface area (Å²) in [4.78, 5) is 78.8. The van der Waals surface area contributed by atoms with Crippen LogP contribution < -0.4 is 21.4 Å². The number of anilines is 1. The number of hydrogen-bond donors (Lipinski definition) is 6. The Morgan fingerprint density at radius 2 is 1.62 bits per heavy atom. The first kappa shape index (κ1) is 47.3. The van der Waals surface area contributed by atoms with Gasteiger partial charge >= 0.3 is 12.1 Å². The van der Waals surface area contributed by atoms with Crippen LogP contribution in [0, 0.1) is 5.92 Å². The normalized spacial score (nSPS) is 14.2. The van der Waals surface area contributed by atoms with Crippen molar-refractivity contribution >= 4 is 35.5 Å². The van der Waals surface area contributed by atoms with Gasteiger partial charge in [0.1, 0.15) is 23.4 Å². The molecule has 2 aromatic carbocycles. The van der Waals surface area contributed by atoms with Crippen LogP contribution in [0.25, 0.3) is 0 Å². The summed E-state index contributed by atoms with van der Waals surface area (Å²) < 4.78 is 5.49. The predicted molar refractivity (Wildman–Crippen MR) is 230 cm³/mol. The van der Waals surface area contributed by atoms with Crippen molar-refractivity contribution in [2.45, 2.75) is 161 Å². The quantitative estimate of drug-likeness (QED) is 0.0376. The minimum atomic E-state index is -1.15. The molecule has 0 bridgehead atoms. The average Bonchev–Trinajstić information content (AvgIpc) is 3.71. The zero-order valence-electron chi connectivity index (χ0n) is 36.3. The van der Waals surface area contributed by atoms with Gasteiger partial charge in [0.25, 0.3) is 5.91 Å². The van der Waals surface area contributed by atoms with Crippen molar-refractivity contribution < 1.29 is 38.7 Å². The molecule has 60 heavy (non-hydrogen) atoms. The molecule has 0 spiro atoms. The van der Waals surface area contributed by atoms with E-state index in [0.717, 1.165) is 73.6 Å². The topological polar surface area (TPSA) is 201 Å². The van der Waals surface area contributed by atoms with Gasteiger partial charge in [-0.15, -0.1) is 0 Å². The molecule has 1 saturated carbocycles. The summed E-state index contributed by atoms with van der Waals surface area (Å²) in [6, 6.07) is 8.69. The standard InChI is InChI=1S/C46H66N6O8/c1-7-8-11-22-39(54)52-60-40(55)23-16-21-35-33(24-30(2)3)26-38(53)42(41(35)32-19-14-10-15-20-32)51-44(57)37(27-34-28-47-29-48-34)49-43(56)36(25-31-17-12-9-13-18-31)50-45(58)59-46(4,5)6/h9,12-13,17-18,26,28-30,32,36-37,53H,7-8,10-11,14-16,19-25,27H2,1-6H3,(H,47,48)(H,49,56)(H,50,58)(H,51,57)(H,52,54)/t36-,37-/m0/s1. The third-order valence-corrected chi connectivity index (χ3v) is 10.4. The number of benzene rings is 2. The Bertz CT molecular complexity index is 1850. The smallest absolute Gasteiger partial charge is 0.408 e. The molecule has 4 amide bonds. The number of hydrogen-bond acceptors (Lipinski definition) is 9. The van der Waals surface area contributed by atoms with E-state index in [0.29, 0.717) is 25.0 Å². The summed E-state index contributed by atoms with van der Waals surface area (Å²) in [5.74, 6) is -1.83. The Morgan fingerprint density at radius 3 is 2.27 bits per heavy atom. The molecule has 4 rings (SSSR count). The molecule has 14 nitrogen and oxygen atoms in total. The maximum absolute atomic E-state index is 14.6. The van der Waals surface area contributed by atoms with Crippen LogP contribution in [0.15, 0.2) is 48.9 Å². The zero-order valence-corrected chi connectivity index (χ0v) is 36.3. The number of aromatic nitrogens is 2. The van der Waals surface area contributed by atoms with E-state index < -0.39 is 41.6 Å². The van der Waals surface area contributed by atoms with E-state index >= 15 is 0 Å². The lowest BCUT2D eigenvalue weighted by Gasteiger charge is -2.30. The summed E-state index contributed by atoms with van der Waals surface area (Å²) in [6.07, 6.45) is 11.8. The number of H-pyrrole nitrogens is 1. The highest BCUT2D eigenvalue weighted by Gasteiger charge is 2.32. The Kier molecular flexibility index (Phi) is 18.4. The number of hydroxylamine groups is 1. The van der Waals surface area contributed by atoms with Crippen LogP contribution in [0.5, 0.6) is 5.75 Å². The largest absolute Gasteiger partial charge is 0.506 e. The van der Waals surface area contributed by atoms with E-state index in [2.05, 4.69) is 45.2 Å². The van der Waals surface area contributed by atoms with Crippen molar-refractivity contribution in [2.75, 3.05) is 5.32 Å². The third-order valence-electron chi connectivity index (χ3n) is 10.4. The number of amides is 4. The molecule has 1 aliphatic rings. The number of ether oxygens (including phenoxy) is 1.